The lowest BCUT2D eigenvalue weighted by atomic mass is 9.92. The summed E-state index contributed by atoms with van der Waals surface area (Å²) in [5.74, 6) is 0.0703. The molecular weight excluding hydrogens is 292 g/mol. The van der Waals surface area contributed by atoms with Gasteiger partial charge in [0, 0.05) is 42.8 Å². The smallest absolute Gasteiger partial charge is 0.250 e. The van der Waals surface area contributed by atoms with Crippen LogP contribution in [-0.2, 0) is 4.79 Å². The van der Waals surface area contributed by atoms with Crippen LogP contribution < -0.4 is 10.6 Å². The fourth-order valence-corrected chi connectivity index (χ4v) is 3.83. The molecule has 3 heterocycles. The molecule has 0 spiro atoms. The van der Waals surface area contributed by atoms with Crippen LogP contribution in [0.2, 0.25) is 0 Å². The molecule has 2 atom stereocenters. The summed E-state index contributed by atoms with van der Waals surface area (Å²) < 4.78 is 0. The number of rotatable bonds is 3. The van der Waals surface area contributed by atoms with Crippen molar-refractivity contribution in [3.05, 3.63) is 42.6 Å². The van der Waals surface area contributed by atoms with Crippen LogP contribution in [0.5, 0.6) is 0 Å². The van der Waals surface area contributed by atoms with Crippen LogP contribution in [0.4, 0.5) is 5.69 Å². The predicted molar refractivity (Wildman–Crippen MR) is 88.2 cm³/mol. The maximum Gasteiger partial charge on any atom is 0.250 e. The molecule has 6 nitrogen and oxygen atoms in total. The van der Waals surface area contributed by atoms with E-state index >= 15 is 0 Å². The number of fused-ring (bicyclic) bond motifs is 2. The molecular formula is C17H18N4O2. The molecule has 2 aliphatic rings. The minimum atomic E-state index is -0.437. The van der Waals surface area contributed by atoms with Gasteiger partial charge in [-0.15, -0.1) is 0 Å². The Balaban J connectivity index is 1.66. The van der Waals surface area contributed by atoms with Crippen molar-refractivity contribution in [3.8, 4) is 0 Å². The Labute approximate surface area is 133 Å². The number of likely N-dealkylation sites (tertiary alicyclic amines) is 1. The van der Waals surface area contributed by atoms with E-state index in [4.69, 9.17) is 5.73 Å². The third kappa shape index (κ3) is 1.94. The van der Waals surface area contributed by atoms with Crippen LogP contribution in [0.1, 0.15) is 10.4 Å². The second kappa shape index (κ2) is 4.87. The standard InChI is InChI=1S/C17H18N4O2/c1-2-15(22)21-8-10-7-20(9-14(10)21)13-4-3-12(17(18)23)16-11(13)5-6-19-16/h2-6,10,14,19H,1,7-9H2,(H2,18,23). The van der Waals surface area contributed by atoms with Gasteiger partial charge in [0.15, 0.2) is 0 Å². The number of primary amides is 1. The van der Waals surface area contributed by atoms with Crippen LogP contribution in [0.15, 0.2) is 37.1 Å². The van der Waals surface area contributed by atoms with Gasteiger partial charge < -0.3 is 20.5 Å². The SMILES string of the molecule is C=CC(=O)N1CC2CN(c3ccc(C(N)=O)c4[nH]ccc34)CC21. The lowest BCUT2D eigenvalue weighted by Crippen LogP contribution is -2.57. The quantitative estimate of drug-likeness (QED) is 0.833. The van der Waals surface area contributed by atoms with Crippen LogP contribution in [0.3, 0.4) is 0 Å². The molecule has 6 heteroatoms. The van der Waals surface area contributed by atoms with E-state index in [0.717, 1.165) is 36.2 Å². The summed E-state index contributed by atoms with van der Waals surface area (Å²) in [5, 5.41) is 0.990. The van der Waals surface area contributed by atoms with Crippen molar-refractivity contribution >= 4 is 28.4 Å². The minimum absolute atomic E-state index is 0.00367. The number of carbonyl (C=O) groups is 2. The van der Waals surface area contributed by atoms with E-state index in [-0.39, 0.29) is 11.9 Å². The van der Waals surface area contributed by atoms with Gasteiger partial charge in [-0.2, -0.15) is 0 Å². The lowest BCUT2D eigenvalue weighted by molar-refractivity contribution is -0.135. The molecule has 1 aromatic carbocycles. The first-order valence-electron chi connectivity index (χ1n) is 7.68. The summed E-state index contributed by atoms with van der Waals surface area (Å²) >= 11 is 0. The van der Waals surface area contributed by atoms with E-state index in [2.05, 4.69) is 16.5 Å². The van der Waals surface area contributed by atoms with Crippen LogP contribution in [0, 0.1) is 5.92 Å². The summed E-state index contributed by atoms with van der Waals surface area (Å²) in [5.41, 5.74) is 7.78. The summed E-state index contributed by atoms with van der Waals surface area (Å²) in [6.45, 7) is 6.08. The Morgan fingerprint density at radius 2 is 2.09 bits per heavy atom. The third-order valence-electron chi connectivity index (χ3n) is 5.00. The van der Waals surface area contributed by atoms with Crippen molar-refractivity contribution in [1.82, 2.24) is 9.88 Å². The molecule has 3 N–H and O–H groups in total. The van der Waals surface area contributed by atoms with Crippen LogP contribution in [0.25, 0.3) is 10.9 Å². The number of aromatic nitrogens is 1. The van der Waals surface area contributed by atoms with Gasteiger partial charge in [0.05, 0.1) is 17.1 Å². The Morgan fingerprint density at radius 1 is 1.26 bits per heavy atom. The number of benzene rings is 1. The van der Waals surface area contributed by atoms with E-state index in [1.165, 1.54) is 6.08 Å². The lowest BCUT2D eigenvalue weighted by Gasteiger charge is -2.42. The first kappa shape index (κ1) is 13.9. The average Bonchev–Trinajstić information content (AvgIpc) is 3.12. The van der Waals surface area contributed by atoms with E-state index < -0.39 is 5.91 Å². The van der Waals surface area contributed by atoms with Gasteiger partial charge in [-0.25, -0.2) is 0 Å². The number of amides is 2. The van der Waals surface area contributed by atoms with Gasteiger partial charge in [0.25, 0.3) is 5.91 Å². The van der Waals surface area contributed by atoms with E-state index in [1.807, 2.05) is 23.2 Å². The molecule has 2 fully saturated rings. The molecule has 2 saturated heterocycles. The number of nitrogens with zero attached hydrogens (tertiary/aromatic N) is 2. The maximum absolute atomic E-state index is 11.8. The molecule has 0 saturated carbocycles. The van der Waals surface area contributed by atoms with Gasteiger partial charge in [-0.3, -0.25) is 9.59 Å². The zero-order valence-corrected chi connectivity index (χ0v) is 12.7. The number of hydrogen-bond acceptors (Lipinski definition) is 3. The number of aromatic amines is 1. The summed E-state index contributed by atoms with van der Waals surface area (Å²) in [4.78, 5) is 30.6. The highest BCUT2D eigenvalue weighted by Crippen LogP contribution is 2.38. The van der Waals surface area contributed by atoms with Crippen LogP contribution >= 0.6 is 0 Å². The molecule has 23 heavy (non-hydrogen) atoms. The predicted octanol–water partition coefficient (Wildman–Crippen LogP) is 1.10. The fraction of sp³-hybridized carbons (Fsp3) is 0.294. The molecule has 118 valence electrons. The molecule has 2 amide bonds. The number of anilines is 1. The van der Waals surface area contributed by atoms with Gasteiger partial charge in [-0.1, -0.05) is 6.58 Å². The van der Waals surface area contributed by atoms with Gasteiger partial charge in [0.2, 0.25) is 5.91 Å². The third-order valence-corrected chi connectivity index (χ3v) is 5.00. The molecule has 1 aromatic heterocycles. The van der Waals surface area contributed by atoms with Gasteiger partial charge >= 0.3 is 0 Å². The number of carbonyl (C=O) groups excluding carboxylic acids is 2. The zero-order valence-electron chi connectivity index (χ0n) is 12.7. The van der Waals surface area contributed by atoms with Crippen molar-refractivity contribution in [3.63, 3.8) is 0 Å². The van der Waals surface area contributed by atoms with E-state index in [1.54, 1.807) is 6.07 Å². The molecule has 0 aliphatic carbocycles. The fourth-order valence-electron chi connectivity index (χ4n) is 3.83. The summed E-state index contributed by atoms with van der Waals surface area (Å²) in [7, 11) is 0. The Kier molecular flexibility index (Phi) is 2.94. The second-order valence-electron chi connectivity index (χ2n) is 6.19. The first-order chi connectivity index (χ1) is 11.1. The number of nitrogens with two attached hydrogens (primary N) is 1. The van der Waals surface area contributed by atoms with Crippen molar-refractivity contribution in [1.29, 1.82) is 0 Å². The van der Waals surface area contributed by atoms with Crippen molar-refractivity contribution in [2.75, 3.05) is 24.5 Å². The Bertz CT molecular complexity index is 825. The highest BCUT2D eigenvalue weighted by atomic mass is 16.2. The summed E-state index contributed by atoms with van der Waals surface area (Å²) in [6, 6.07) is 5.93. The van der Waals surface area contributed by atoms with Crippen molar-refractivity contribution in [2.24, 2.45) is 11.7 Å². The van der Waals surface area contributed by atoms with E-state index in [9.17, 15) is 9.59 Å². The first-order valence-corrected chi connectivity index (χ1v) is 7.68. The Morgan fingerprint density at radius 3 is 2.83 bits per heavy atom. The summed E-state index contributed by atoms with van der Waals surface area (Å²) in [6.07, 6.45) is 3.20. The van der Waals surface area contributed by atoms with Gasteiger partial charge in [0.1, 0.15) is 0 Å². The molecule has 4 rings (SSSR count). The largest absolute Gasteiger partial charge is 0.368 e. The monoisotopic (exact) mass is 310 g/mol. The van der Waals surface area contributed by atoms with Crippen molar-refractivity contribution < 1.29 is 9.59 Å². The zero-order chi connectivity index (χ0) is 16.1. The van der Waals surface area contributed by atoms with Crippen molar-refractivity contribution in [2.45, 2.75) is 6.04 Å². The molecule has 2 aromatic rings. The normalized spacial score (nSPS) is 22.8. The van der Waals surface area contributed by atoms with Crippen LogP contribution in [-0.4, -0.2) is 47.4 Å². The highest BCUT2D eigenvalue weighted by molar-refractivity contribution is 6.08. The molecule has 0 radical (unpaired) electrons. The number of nitrogens with one attached hydrogen (secondary N) is 1. The highest BCUT2D eigenvalue weighted by Gasteiger charge is 2.47. The molecule has 2 unspecified atom stereocenters. The average molecular weight is 310 g/mol. The topological polar surface area (TPSA) is 82.4 Å². The van der Waals surface area contributed by atoms with Gasteiger partial charge in [-0.05, 0) is 24.3 Å². The van der Waals surface area contributed by atoms with E-state index in [0.29, 0.717) is 11.5 Å². The number of hydrogen-bond donors (Lipinski definition) is 2. The molecule has 0 bridgehead atoms. The number of H-pyrrole nitrogens is 1. The minimum Gasteiger partial charge on any atom is -0.368 e. The second-order valence-corrected chi connectivity index (χ2v) is 6.19. The molecule has 2 aliphatic heterocycles. The maximum atomic E-state index is 11.8. The Hall–Kier alpha value is -2.76.